The van der Waals surface area contributed by atoms with Gasteiger partial charge in [-0.25, -0.2) is 9.97 Å². The number of nitrogens with one attached hydrogen (secondary N) is 1. The van der Waals surface area contributed by atoms with Gasteiger partial charge in [-0.3, -0.25) is 0 Å². The third-order valence-electron chi connectivity index (χ3n) is 3.67. The van der Waals surface area contributed by atoms with Gasteiger partial charge in [0, 0.05) is 18.0 Å². The predicted molar refractivity (Wildman–Crippen MR) is 85.6 cm³/mol. The minimum absolute atomic E-state index is 0.304. The second-order valence-corrected chi connectivity index (χ2v) is 5.49. The lowest BCUT2D eigenvalue weighted by molar-refractivity contribution is 0.623. The molecule has 4 nitrogen and oxygen atoms in total. The van der Waals surface area contributed by atoms with Gasteiger partial charge in [0.1, 0.15) is 23.4 Å². The molecule has 3 rings (SSSR count). The first-order valence-electron chi connectivity index (χ1n) is 7.14. The molecule has 0 saturated carbocycles. The average molecular weight is 281 g/mol. The highest BCUT2D eigenvalue weighted by atomic mass is 16.3. The van der Waals surface area contributed by atoms with E-state index in [1.807, 2.05) is 13.1 Å². The van der Waals surface area contributed by atoms with Gasteiger partial charge in [0.05, 0.1) is 0 Å². The van der Waals surface area contributed by atoms with E-state index in [0.29, 0.717) is 5.92 Å². The molecule has 0 aliphatic heterocycles. The fraction of sp³-hybridized carbons (Fsp3) is 0.294. The van der Waals surface area contributed by atoms with Crippen molar-refractivity contribution in [3.05, 3.63) is 41.7 Å². The second kappa shape index (κ2) is 5.20. The molecule has 2 aromatic heterocycles. The summed E-state index contributed by atoms with van der Waals surface area (Å²) in [6.45, 7) is 6.33. The normalized spacial score (nSPS) is 11.3. The quantitative estimate of drug-likeness (QED) is 0.774. The molecule has 1 aromatic carbocycles. The Morgan fingerprint density at radius 1 is 1.19 bits per heavy atom. The molecule has 21 heavy (non-hydrogen) atoms. The molecule has 0 radical (unpaired) electrons. The smallest absolute Gasteiger partial charge is 0.154 e. The molecule has 0 saturated heterocycles. The molecule has 0 aliphatic carbocycles. The zero-order valence-electron chi connectivity index (χ0n) is 12.8. The Hall–Kier alpha value is -2.36. The van der Waals surface area contributed by atoms with Crippen molar-refractivity contribution >= 4 is 16.8 Å². The van der Waals surface area contributed by atoms with E-state index in [1.165, 1.54) is 0 Å². The Bertz CT molecular complexity index is 790. The Labute approximate surface area is 124 Å². The van der Waals surface area contributed by atoms with Gasteiger partial charge >= 0.3 is 0 Å². The maximum atomic E-state index is 6.06. The van der Waals surface area contributed by atoms with Crippen LogP contribution in [-0.2, 0) is 0 Å². The van der Waals surface area contributed by atoms with Gasteiger partial charge in [-0.15, -0.1) is 0 Å². The van der Waals surface area contributed by atoms with E-state index in [4.69, 9.17) is 4.42 Å². The molecule has 0 amide bonds. The lowest BCUT2D eigenvalue weighted by Crippen LogP contribution is -2.04. The first-order chi connectivity index (χ1) is 10.1. The lowest BCUT2D eigenvalue weighted by atomic mass is 10.0. The predicted octanol–water partition coefficient (Wildman–Crippen LogP) is 4.36. The second-order valence-electron chi connectivity index (χ2n) is 5.49. The first kappa shape index (κ1) is 13.6. The highest BCUT2D eigenvalue weighted by Crippen LogP contribution is 2.35. The number of rotatable bonds is 3. The summed E-state index contributed by atoms with van der Waals surface area (Å²) in [5, 5.41) is 4.24. The fourth-order valence-electron chi connectivity index (χ4n) is 2.66. The van der Waals surface area contributed by atoms with Crippen LogP contribution in [0.1, 0.15) is 30.9 Å². The first-order valence-corrected chi connectivity index (χ1v) is 7.14. The summed E-state index contributed by atoms with van der Waals surface area (Å²) in [5.74, 6) is 1.95. The molecule has 4 heteroatoms. The van der Waals surface area contributed by atoms with Crippen molar-refractivity contribution in [3.8, 4) is 11.5 Å². The standard InChI is InChI=1S/C17H19N3O/c1-10(2)14-15(19-9-20-17(14)18-4)13-8-12-7-5-6-11(3)16(12)21-13/h5-10H,1-4H3,(H,18,19,20). The van der Waals surface area contributed by atoms with Crippen LogP contribution in [0, 0.1) is 6.92 Å². The van der Waals surface area contributed by atoms with Crippen LogP contribution in [0.3, 0.4) is 0 Å². The number of hydrogen-bond acceptors (Lipinski definition) is 4. The largest absolute Gasteiger partial charge is 0.454 e. The molecule has 2 heterocycles. The van der Waals surface area contributed by atoms with Crippen LogP contribution in [0.15, 0.2) is 35.0 Å². The van der Waals surface area contributed by atoms with Gasteiger partial charge in [0.25, 0.3) is 0 Å². The minimum Gasteiger partial charge on any atom is -0.454 e. The van der Waals surface area contributed by atoms with Crippen molar-refractivity contribution in [1.82, 2.24) is 9.97 Å². The highest BCUT2D eigenvalue weighted by molar-refractivity contribution is 5.85. The van der Waals surface area contributed by atoms with Crippen LogP contribution in [0.4, 0.5) is 5.82 Å². The van der Waals surface area contributed by atoms with E-state index in [-0.39, 0.29) is 0 Å². The van der Waals surface area contributed by atoms with Crippen molar-refractivity contribution < 1.29 is 4.42 Å². The number of aromatic nitrogens is 2. The van der Waals surface area contributed by atoms with Crippen LogP contribution in [-0.4, -0.2) is 17.0 Å². The van der Waals surface area contributed by atoms with Crippen molar-refractivity contribution in [2.75, 3.05) is 12.4 Å². The lowest BCUT2D eigenvalue weighted by Gasteiger charge is -2.14. The van der Waals surface area contributed by atoms with Gasteiger partial charge in [-0.2, -0.15) is 0 Å². The maximum absolute atomic E-state index is 6.06. The van der Waals surface area contributed by atoms with Crippen LogP contribution in [0.5, 0.6) is 0 Å². The van der Waals surface area contributed by atoms with Gasteiger partial charge in [0.2, 0.25) is 0 Å². The highest BCUT2D eigenvalue weighted by Gasteiger charge is 2.18. The zero-order valence-corrected chi connectivity index (χ0v) is 12.8. The number of hydrogen-bond donors (Lipinski definition) is 1. The summed E-state index contributed by atoms with van der Waals surface area (Å²) >= 11 is 0. The summed E-state index contributed by atoms with van der Waals surface area (Å²) in [4.78, 5) is 8.77. The van der Waals surface area contributed by atoms with Crippen molar-refractivity contribution in [2.45, 2.75) is 26.7 Å². The molecular formula is C17H19N3O. The summed E-state index contributed by atoms with van der Waals surface area (Å²) in [7, 11) is 1.88. The van der Waals surface area contributed by atoms with Crippen molar-refractivity contribution in [1.29, 1.82) is 0 Å². The molecule has 0 spiro atoms. The monoisotopic (exact) mass is 281 g/mol. The Balaban J connectivity index is 2.25. The molecule has 108 valence electrons. The number of fused-ring (bicyclic) bond motifs is 1. The van der Waals surface area contributed by atoms with E-state index in [9.17, 15) is 0 Å². The van der Waals surface area contributed by atoms with E-state index < -0.39 is 0 Å². The van der Waals surface area contributed by atoms with E-state index >= 15 is 0 Å². The van der Waals surface area contributed by atoms with Crippen LogP contribution >= 0.6 is 0 Å². The topological polar surface area (TPSA) is 51.0 Å². The molecule has 3 aromatic rings. The molecule has 1 N–H and O–H groups in total. The molecule has 0 unspecified atom stereocenters. The summed E-state index contributed by atoms with van der Waals surface area (Å²) in [5.41, 5.74) is 4.00. The van der Waals surface area contributed by atoms with Gasteiger partial charge in [0.15, 0.2) is 5.76 Å². The Morgan fingerprint density at radius 2 is 2.00 bits per heavy atom. The fourth-order valence-corrected chi connectivity index (χ4v) is 2.66. The zero-order chi connectivity index (χ0) is 15.0. The van der Waals surface area contributed by atoms with E-state index in [2.05, 4.69) is 54.3 Å². The number of anilines is 1. The molecular weight excluding hydrogens is 262 g/mol. The van der Waals surface area contributed by atoms with Crippen LogP contribution in [0.2, 0.25) is 0 Å². The Morgan fingerprint density at radius 3 is 2.67 bits per heavy atom. The maximum Gasteiger partial charge on any atom is 0.154 e. The minimum atomic E-state index is 0.304. The van der Waals surface area contributed by atoms with Crippen molar-refractivity contribution in [2.24, 2.45) is 0 Å². The van der Waals surface area contributed by atoms with Gasteiger partial charge < -0.3 is 9.73 Å². The molecule has 0 atom stereocenters. The van der Waals surface area contributed by atoms with Crippen LogP contribution < -0.4 is 5.32 Å². The number of nitrogens with zero attached hydrogens (tertiary/aromatic N) is 2. The van der Waals surface area contributed by atoms with Gasteiger partial charge in [-0.1, -0.05) is 32.0 Å². The van der Waals surface area contributed by atoms with Crippen molar-refractivity contribution in [3.63, 3.8) is 0 Å². The summed E-state index contributed by atoms with van der Waals surface area (Å²) in [6.07, 6.45) is 1.58. The number of aryl methyl sites for hydroxylation is 1. The molecule has 0 fully saturated rings. The third-order valence-corrected chi connectivity index (χ3v) is 3.67. The average Bonchev–Trinajstić information content (AvgIpc) is 2.91. The number of furan rings is 1. The number of para-hydroxylation sites is 1. The van der Waals surface area contributed by atoms with E-state index in [0.717, 1.165) is 39.4 Å². The summed E-state index contributed by atoms with van der Waals surface area (Å²) in [6, 6.07) is 8.21. The van der Waals surface area contributed by atoms with Crippen LogP contribution in [0.25, 0.3) is 22.4 Å². The Kier molecular flexibility index (Phi) is 3.37. The SMILES string of the molecule is CNc1ncnc(-c2cc3cccc(C)c3o2)c1C(C)C. The third kappa shape index (κ3) is 2.27. The number of benzene rings is 1. The molecule has 0 bridgehead atoms. The van der Waals surface area contributed by atoms with E-state index in [1.54, 1.807) is 6.33 Å². The molecule has 0 aliphatic rings. The summed E-state index contributed by atoms with van der Waals surface area (Å²) < 4.78 is 6.06. The van der Waals surface area contributed by atoms with Gasteiger partial charge in [-0.05, 0) is 24.5 Å².